The fourth-order valence-corrected chi connectivity index (χ4v) is 3.33. The Balaban J connectivity index is 1.56. The van der Waals surface area contributed by atoms with Gasteiger partial charge in [-0.15, -0.1) is 15.0 Å². The Morgan fingerprint density at radius 3 is 2.19 bits per heavy atom. The number of halogens is 1. The average Bonchev–Trinajstić information content (AvgIpc) is 3.13. The zero-order valence-electron chi connectivity index (χ0n) is 14.1. The molecule has 0 saturated carbocycles. The molecule has 0 aliphatic carbocycles. The first-order valence-corrected chi connectivity index (χ1v) is 8.81. The molecule has 0 unspecified atom stereocenters. The number of anilines is 2. The maximum absolute atomic E-state index is 9.47. The Bertz CT molecular complexity index is 938. The van der Waals surface area contributed by atoms with E-state index in [0.29, 0.717) is 22.2 Å². The number of hydrogen-bond acceptors (Lipinski definition) is 5. The molecule has 2 heterocycles. The molecule has 1 aliphatic heterocycles. The van der Waals surface area contributed by atoms with E-state index >= 15 is 0 Å². The third-order valence-electron chi connectivity index (χ3n) is 4.47. The van der Waals surface area contributed by atoms with E-state index in [1.165, 1.54) is 10.5 Å². The lowest BCUT2D eigenvalue weighted by Crippen LogP contribution is -2.47. The van der Waals surface area contributed by atoms with Crippen LogP contribution in [0.15, 0.2) is 54.6 Å². The van der Waals surface area contributed by atoms with Gasteiger partial charge in [-0.2, -0.15) is 5.26 Å². The van der Waals surface area contributed by atoms with E-state index in [1.54, 1.807) is 6.07 Å². The summed E-state index contributed by atoms with van der Waals surface area (Å²) >= 11 is 6.23. The Morgan fingerprint density at radius 1 is 0.846 bits per heavy atom. The van der Waals surface area contributed by atoms with Crippen molar-refractivity contribution in [3.63, 3.8) is 0 Å². The van der Waals surface area contributed by atoms with E-state index in [2.05, 4.69) is 38.2 Å². The van der Waals surface area contributed by atoms with Crippen LogP contribution in [0.3, 0.4) is 0 Å². The highest BCUT2D eigenvalue weighted by molar-refractivity contribution is 6.32. The zero-order chi connectivity index (χ0) is 17.9. The van der Waals surface area contributed by atoms with E-state index in [4.69, 9.17) is 11.6 Å². The molecule has 7 heteroatoms. The van der Waals surface area contributed by atoms with Gasteiger partial charge in [-0.1, -0.05) is 41.9 Å². The van der Waals surface area contributed by atoms with E-state index in [-0.39, 0.29) is 0 Å². The minimum Gasteiger partial charge on any atom is -0.368 e. The number of benzene rings is 2. The monoisotopic (exact) mass is 364 g/mol. The number of para-hydroxylation sites is 2. The summed E-state index contributed by atoms with van der Waals surface area (Å²) in [6.45, 7) is 3.30. The summed E-state index contributed by atoms with van der Waals surface area (Å²) in [6.07, 6.45) is 0. The number of rotatable bonds is 3. The van der Waals surface area contributed by atoms with Gasteiger partial charge in [-0.25, -0.2) is 0 Å². The van der Waals surface area contributed by atoms with Crippen molar-refractivity contribution in [2.75, 3.05) is 36.0 Å². The molecule has 2 aromatic carbocycles. The molecule has 4 rings (SSSR count). The van der Waals surface area contributed by atoms with Gasteiger partial charge in [-0.3, -0.25) is 0 Å². The van der Waals surface area contributed by atoms with Crippen LogP contribution in [-0.2, 0) is 0 Å². The molecule has 130 valence electrons. The van der Waals surface area contributed by atoms with Crippen molar-refractivity contribution in [2.45, 2.75) is 0 Å². The molecule has 1 saturated heterocycles. The molecular formula is C19H17ClN6. The van der Waals surface area contributed by atoms with Gasteiger partial charge in [0.1, 0.15) is 11.8 Å². The third kappa shape index (κ3) is 3.09. The molecule has 0 amide bonds. The highest BCUT2D eigenvalue weighted by Crippen LogP contribution is 2.24. The van der Waals surface area contributed by atoms with E-state index in [1.807, 2.05) is 36.4 Å². The van der Waals surface area contributed by atoms with Crippen LogP contribution in [-0.4, -0.2) is 41.2 Å². The summed E-state index contributed by atoms with van der Waals surface area (Å²) in [5.74, 6) is 0.611. The normalized spacial score (nSPS) is 14.3. The second-order valence-corrected chi connectivity index (χ2v) is 6.44. The van der Waals surface area contributed by atoms with Crippen molar-refractivity contribution in [3.05, 3.63) is 65.3 Å². The van der Waals surface area contributed by atoms with Gasteiger partial charge in [-0.05, 0) is 24.3 Å². The molecule has 1 fully saturated rings. The van der Waals surface area contributed by atoms with E-state index in [0.717, 1.165) is 26.2 Å². The second-order valence-electron chi connectivity index (χ2n) is 6.03. The predicted octanol–water partition coefficient (Wildman–Crippen LogP) is 3.12. The van der Waals surface area contributed by atoms with E-state index in [9.17, 15) is 5.26 Å². The minimum atomic E-state index is 0.318. The van der Waals surface area contributed by atoms with Crippen LogP contribution in [0.2, 0.25) is 5.02 Å². The van der Waals surface area contributed by atoms with Crippen LogP contribution in [0.4, 0.5) is 11.5 Å². The van der Waals surface area contributed by atoms with Crippen LogP contribution >= 0.6 is 11.6 Å². The summed E-state index contributed by atoms with van der Waals surface area (Å²) in [4.78, 5) is 5.89. The first-order chi connectivity index (χ1) is 12.8. The number of nitrogens with zero attached hydrogens (tertiary/aromatic N) is 6. The quantitative estimate of drug-likeness (QED) is 0.714. The standard InChI is InChI=1S/C19H17ClN6/c20-16-8-4-5-9-18(16)26-22-17(14-21)19(23-26)25-12-10-24(11-13-25)15-6-2-1-3-7-15/h1-9H,10-13H2. The van der Waals surface area contributed by atoms with Crippen LogP contribution in [0, 0.1) is 11.3 Å². The number of aromatic nitrogens is 3. The fraction of sp³-hybridized carbons (Fsp3) is 0.211. The Morgan fingerprint density at radius 2 is 1.50 bits per heavy atom. The fourth-order valence-electron chi connectivity index (χ4n) is 3.12. The molecule has 0 bridgehead atoms. The highest BCUT2D eigenvalue weighted by atomic mass is 35.5. The molecule has 0 spiro atoms. The number of hydrogen-bond donors (Lipinski definition) is 0. The van der Waals surface area contributed by atoms with Crippen molar-refractivity contribution < 1.29 is 0 Å². The second kappa shape index (κ2) is 7.06. The van der Waals surface area contributed by atoms with Gasteiger partial charge in [0.2, 0.25) is 5.69 Å². The molecule has 0 atom stereocenters. The van der Waals surface area contributed by atoms with Crippen LogP contribution < -0.4 is 9.80 Å². The minimum absolute atomic E-state index is 0.318. The molecule has 1 aliphatic rings. The lowest BCUT2D eigenvalue weighted by atomic mass is 10.2. The lowest BCUT2D eigenvalue weighted by Gasteiger charge is -2.36. The van der Waals surface area contributed by atoms with E-state index < -0.39 is 0 Å². The largest absolute Gasteiger partial charge is 0.368 e. The smallest absolute Gasteiger partial charge is 0.207 e. The van der Waals surface area contributed by atoms with Crippen molar-refractivity contribution in [3.8, 4) is 11.8 Å². The summed E-state index contributed by atoms with van der Waals surface area (Å²) in [6, 6.07) is 19.8. The topological polar surface area (TPSA) is 61.0 Å². The number of piperazine rings is 1. The SMILES string of the molecule is N#Cc1nn(-c2ccccc2Cl)nc1N1CCN(c2ccccc2)CC1. The van der Waals surface area contributed by atoms with Gasteiger partial charge >= 0.3 is 0 Å². The van der Waals surface area contributed by atoms with Crippen molar-refractivity contribution in [1.29, 1.82) is 5.26 Å². The summed E-state index contributed by atoms with van der Waals surface area (Å²) in [5.41, 5.74) is 2.20. The average molecular weight is 365 g/mol. The maximum atomic E-state index is 9.47. The van der Waals surface area contributed by atoms with Gasteiger partial charge < -0.3 is 9.80 Å². The van der Waals surface area contributed by atoms with Gasteiger partial charge in [0.05, 0.1) is 5.02 Å². The summed E-state index contributed by atoms with van der Waals surface area (Å²) < 4.78 is 0. The summed E-state index contributed by atoms with van der Waals surface area (Å²) in [5, 5.41) is 18.9. The van der Waals surface area contributed by atoms with Crippen LogP contribution in [0.1, 0.15) is 5.69 Å². The Hall–Kier alpha value is -3.04. The first-order valence-electron chi connectivity index (χ1n) is 8.43. The zero-order valence-corrected chi connectivity index (χ0v) is 14.8. The molecule has 26 heavy (non-hydrogen) atoms. The molecule has 3 aromatic rings. The maximum Gasteiger partial charge on any atom is 0.207 e. The lowest BCUT2D eigenvalue weighted by molar-refractivity contribution is 0.641. The Kier molecular flexibility index (Phi) is 4.46. The predicted molar refractivity (Wildman–Crippen MR) is 102 cm³/mol. The van der Waals surface area contributed by atoms with Crippen LogP contribution in [0.25, 0.3) is 5.69 Å². The van der Waals surface area contributed by atoms with Crippen molar-refractivity contribution in [2.24, 2.45) is 0 Å². The highest BCUT2D eigenvalue weighted by Gasteiger charge is 2.24. The molecule has 6 nitrogen and oxygen atoms in total. The number of nitriles is 1. The first kappa shape index (κ1) is 16.4. The molecule has 1 aromatic heterocycles. The van der Waals surface area contributed by atoms with Gasteiger partial charge in [0.25, 0.3) is 0 Å². The van der Waals surface area contributed by atoms with Crippen molar-refractivity contribution in [1.82, 2.24) is 15.0 Å². The summed E-state index contributed by atoms with van der Waals surface area (Å²) in [7, 11) is 0. The van der Waals surface area contributed by atoms with Crippen molar-refractivity contribution >= 4 is 23.1 Å². The molecule has 0 N–H and O–H groups in total. The van der Waals surface area contributed by atoms with Gasteiger partial charge in [0, 0.05) is 31.9 Å². The third-order valence-corrected chi connectivity index (χ3v) is 4.79. The van der Waals surface area contributed by atoms with Gasteiger partial charge in [0.15, 0.2) is 5.82 Å². The Labute approximate surface area is 156 Å². The molecular weight excluding hydrogens is 348 g/mol. The van der Waals surface area contributed by atoms with Crippen LogP contribution in [0.5, 0.6) is 0 Å². The molecule has 0 radical (unpaired) electrons.